The molecular weight excluding hydrogens is 442 g/mol. The molecule has 1 aliphatic heterocycles. The maximum atomic E-state index is 12.9. The van der Waals surface area contributed by atoms with Gasteiger partial charge in [-0.3, -0.25) is 9.78 Å². The van der Waals surface area contributed by atoms with Crippen LogP contribution >= 0.6 is 0 Å². The lowest BCUT2D eigenvalue weighted by Crippen LogP contribution is -2.35. The molecule has 3 aromatic rings. The number of aromatic nitrogens is 1. The second-order valence-electron chi connectivity index (χ2n) is 9.56. The van der Waals surface area contributed by atoms with Gasteiger partial charge in [0, 0.05) is 42.0 Å². The van der Waals surface area contributed by atoms with E-state index in [0.29, 0.717) is 18.7 Å². The first-order valence-corrected chi connectivity index (χ1v) is 12.5. The molecule has 0 radical (unpaired) electrons. The van der Waals surface area contributed by atoms with Gasteiger partial charge < -0.3 is 25.2 Å². The van der Waals surface area contributed by atoms with E-state index in [2.05, 4.69) is 21.7 Å². The third kappa shape index (κ3) is 5.64. The van der Waals surface area contributed by atoms with Crippen LogP contribution in [0, 0.1) is 6.92 Å². The Balaban J connectivity index is 1.21. The molecule has 7 heteroatoms. The molecule has 1 aromatic heterocycles. The fourth-order valence-corrected chi connectivity index (χ4v) is 4.91. The van der Waals surface area contributed by atoms with E-state index < -0.39 is 0 Å². The largest absolute Gasteiger partial charge is 0.491 e. The quantitative estimate of drug-likeness (QED) is 0.448. The molecule has 3 atom stereocenters. The molecule has 7 nitrogen and oxygen atoms in total. The molecule has 35 heavy (non-hydrogen) atoms. The third-order valence-electron chi connectivity index (χ3n) is 7.04. The number of ether oxygens (including phenoxy) is 2. The predicted molar refractivity (Wildman–Crippen MR) is 136 cm³/mol. The van der Waals surface area contributed by atoms with Gasteiger partial charge in [-0.1, -0.05) is 6.07 Å². The predicted octanol–water partition coefficient (Wildman–Crippen LogP) is 4.36. The van der Waals surface area contributed by atoms with Crippen molar-refractivity contribution in [1.29, 1.82) is 0 Å². The monoisotopic (exact) mass is 475 g/mol. The van der Waals surface area contributed by atoms with Crippen molar-refractivity contribution in [3.63, 3.8) is 0 Å². The summed E-state index contributed by atoms with van der Waals surface area (Å²) in [6, 6.07) is 13.4. The standard InChI is InChI=1S/C28H33N3O4/c1-18-24(31-28(33)20-7-10-22(11-8-20)35-17-23-4-3-13-34-23)12-9-21-14-19(16-30-27(18)21)15-29-25-5-2-6-26(25)32/h7-12,14,16,23,25-26,29,32H,2-6,13,15,17H2,1H3,(H,31,33)/t23?,25-,26-/m0/s1. The number of benzene rings is 2. The van der Waals surface area contributed by atoms with Crippen LogP contribution in [0.25, 0.3) is 10.9 Å². The van der Waals surface area contributed by atoms with Crippen LogP contribution in [-0.4, -0.2) is 47.5 Å². The normalized spacial score (nSPS) is 21.9. The number of aliphatic hydroxyl groups is 1. The number of anilines is 1. The van der Waals surface area contributed by atoms with E-state index >= 15 is 0 Å². The Hall–Kier alpha value is -3.00. The number of nitrogens with zero attached hydrogens (tertiary/aromatic N) is 1. The van der Waals surface area contributed by atoms with E-state index in [1.807, 2.05) is 37.4 Å². The number of hydrogen-bond donors (Lipinski definition) is 3. The van der Waals surface area contributed by atoms with Gasteiger partial charge in [-0.2, -0.15) is 0 Å². The van der Waals surface area contributed by atoms with Gasteiger partial charge in [-0.15, -0.1) is 0 Å². The number of hydrogen-bond acceptors (Lipinski definition) is 6. The van der Waals surface area contributed by atoms with E-state index in [0.717, 1.165) is 72.2 Å². The fourth-order valence-electron chi connectivity index (χ4n) is 4.91. The Morgan fingerprint density at radius 2 is 2.00 bits per heavy atom. The van der Waals surface area contributed by atoms with Crippen molar-refractivity contribution in [2.75, 3.05) is 18.5 Å². The van der Waals surface area contributed by atoms with E-state index in [1.165, 1.54) is 0 Å². The first-order valence-electron chi connectivity index (χ1n) is 12.5. The van der Waals surface area contributed by atoms with Crippen molar-refractivity contribution in [3.8, 4) is 5.75 Å². The number of amides is 1. The second-order valence-corrected chi connectivity index (χ2v) is 9.56. The van der Waals surface area contributed by atoms with Crippen LogP contribution in [0.3, 0.4) is 0 Å². The first-order chi connectivity index (χ1) is 17.1. The summed E-state index contributed by atoms with van der Waals surface area (Å²) in [5.41, 5.74) is 4.18. The van der Waals surface area contributed by atoms with Gasteiger partial charge in [-0.25, -0.2) is 0 Å². The summed E-state index contributed by atoms with van der Waals surface area (Å²) in [4.78, 5) is 17.5. The van der Waals surface area contributed by atoms with E-state index in [1.54, 1.807) is 12.1 Å². The number of aryl methyl sites for hydroxylation is 1. The number of pyridine rings is 1. The zero-order valence-corrected chi connectivity index (χ0v) is 20.1. The van der Waals surface area contributed by atoms with E-state index in [-0.39, 0.29) is 24.2 Å². The molecule has 1 unspecified atom stereocenters. The van der Waals surface area contributed by atoms with Gasteiger partial charge in [0.05, 0.1) is 17.7 Å². The lowest BCUT2D eigenvalue weighted by molar-refractivity contribution is 0.0679. The molecular formula is C28H33N3O4. The van der Waals surface area contributed by atoms with Crippen LogP contribution < -0.4 is 15.4 Å². The summed E-state index contributed by atoms with van der Waals surface area (Å²) in [7, 11) is 0. The smallest absolute Gasteiger partial charge is 0.255 e. The molecule has 3 N–H and O–H groups in total. The molecule has 1 amide bonds. The second kappa shape index (κ2) is 10.7. The molecule has 2 fully saturated rings. The van der Waals surface area contributed by atoms with Gasteiger partial charge in [0.25, 0.3) is 5.91 Å². The lowest BCUT2D eigenvalue weighted by Gasteiger charge is -2.17. The minimum absolute atomic E-state index is 0.159. The Kier molecular flexibility index (Phi) is 7.27. The minimum atomic E-state index is -0.257. The van der Waals surface area contributed by atoms with Crippen molar-refractivity contribution in [1.82, 2.24) is 10.3 Å². The third-order valence-corrected chi connectivity index (χ3v) is 7.04. The van der Waals surface area contributed by atoms with Gasteiger partial charge >= 0.3 is 0 Å². The van der Waals surface area contributed by atoms with Crippen LogP contribution in [0.1, 0.15) is 53.6 Å². The van der Waals surface area contributed by atoms with Gasteiger partial charge in [0.2, 0.25) is 0 Å². The summed E-state index contributed by atoms with van der Waals surface area (Å²) in [5.74, 6) is 0.560. The van der Waals surface area contributed by atoms with Crippen LogP contribution in [-0.2, 0) is 11.3 Å². The molecule has 2 heterocycles. The Morgan fingerprint density at radius 3 is 2.74 bits per heavy atom. The summed E-state index contributed by atoms with van der Waals surface area (Å²) in [5, 5.41) is 17.5. The van der Waals surface area contributed by atoms with E-state index in [4.69, 9.17) is 9.47 Å². The summed E-state index contributed by atoms with van der Waals surface area (Å²) in [6.45, 7) is 3.99. The summed E-state index contributed by atoms with van der Waals surface area (Å²) >= 11 is 0. The summed E-state index contributed by atoms with van der Waals surface area (Å²) < 4.78 is 11.4. The Morgan fingerprint density at radius 1 is 1.14 bits per heavy atom. The van der Waals surface area contributed by atoms with E-state index in [9.17, 15) is 9.90 Å². The molecule has 2 aliphatic rings. The number of carbonyl (C=O) groups is 1. The van der Waals surface area contributed by atoms with Gasteiger partial charge in [-0.05, 0) is 86.6 Å². The molecule has 184 valence electrons. The average molecular weight is 476 g/mol. The lowest BCUT2D eigenvalue weighted by atomic mass is 10.1. The van der Waals surface area contributed by atoms with Crippen LogP contribution in [0.15, 0.2) is 48.7 Å². The molecule has 0 spiro atoms. The highest BCUT2D eigenvalue weighted by Crippen LogP contribution is 2.26. The molecule has 1 saturated heterocycles. The zero-order chi connectivity index (χ0) is 24.2. The summed E-state index contributed by atoms with van der Waals surface area (Å²) in [6.07, 6.45) is 6.83. The van der Waals surface area contributed by atoms with Crippen molar-refractivity contribution < 1.29 is 19.4 Å². The van der Waals surface area contributed by atoms with Crippen molar-refractivity contribution in [2.24, 2.45) is 0 Å². The van der Waals surface area contributed by atoms with Crippen LogP contribution in [0.5, 0.6) is 5.75 Å². The highest BCUT2D eigenvalue weighted by atomic mass is 16.5. The first kappa shape index (κ1) is 23.7. The van der Waals surface area contributed by atoms with Crippen LogP contribution in [0.2, 0.25) is 0 Å². The van der Waals surface area contributed by atoms with Gasteiger partial charge in [0.15, 0.2) is 0 Å². The number of nitrogens with one attached hydrogen (secondary N) is 2. The maximum Gasteiger partial charge on any atom is 0.255 e. The highest BCUT2D eigenvalue weighted by molar-refractivity contribution is 6.06. The molecule has 5 rings (SSSR count). The van der Waals surface area contributed by atoms with Crippen molar-refractivity contribution in [3.05, 3.63) is 65.4 Å². The Bertz CT molecular complexity index is 1170. The maximum absolute atomic E-state index is 12.9. The topological polar surface area (TPSA) is 92.7 Å². The molecule has 2 aromatic carbocycles. The minimum Gasteiger partial charge on any atom is -0.491 e. The van der Waals surface area contributed by atoms with Crippen LogP contribution in [0.4, 0.5) is 5.69 Å². The van der Waals surface area contributed by atoms with Crippen molar-refractivity contribution in [2.45, 2.75) is 63.8 Å². The number of rotatable bonds is 8. The average Bonchev–Trinajstić information content (AvgIpc) is 3.55. The number of aliphatic hydroxyl groups excluding tert-OH is 1. The van der Waals surface area contributed by atoms with Crippen molar-refractivity contribution >= 4 is 22.5 Å². The fraction of sp³-hybridized carbons (Fsp3) is 0.429. The molecule has 1 saturated carbocycles. The number of fused-ring (bicyclic) bond motifs is 1. The highest BCUT2D eigenvalue weighted by Gasteiger charge is 2.24. The zero-order valence-electron chi connectivity index (χ0n) is 20.1. The Labute approximate surface area is 205 Å². The SMILES string of the molecule is Cc1c(NC(=O)c2ccc(OCC3CCCO3)cc2)ccc2cc(CN[C@H]3CCC[C@@H]3O)cnc12. The number of carbonyl (C=O) groups excluding carboxylic acids is 1. The molecule has 0 bridgehead atoms. The van der Waals surface area contributed by atoms with Gasteiger partial charge in [0.1, 0.15) is 12.4 Å². The molecule has 1 aliphatic carbocycles.